The molecule has 132 valence electrons. The number of hydrogen-bond donors (Lipinski definition) is 1. The highest BCUT2D eigenvalue weighted by molar-refractivity contribution is 5.92. The Morgan fingerprint density at radius 2 is 2.04 bits per heavy atom. The first-order valence-corrected chi connectivity index (χ1v) is 8.27. The molecule has 0 spiro atoms. The number of aromatic carboxylic acids is 1. The molecule has 1 aliphatic carbocycles. The number of carbonyl (C=O) groups is 1. The fourth-order valence-corrected chi connectivity index (χ4v) is 3.20. The molecule has 0 aromatic carbocycles. The molecule has 1 aliphatic heterocycles. The zero-order valence-corrected chi connectivity index (χ0v) is 14.1. The third-order valence-electron chi connectivity index (χ3n) is 5.00. The Morgan fingerprint density at radius 1 is 1.36 bits per heavy atom. The number of likely N-dealkylation sites (N-methyl/N-ethyl adjacent to an activating group) is 1. The van der Waals surface area contributed by atoms with Gasteiger partial charge in [0.2, 0.25) is 5.43 Å². The summed E-state index contributed by atoms with van der Waals surface area (Å²) in [5.41, 5.74) is -0.667. The van der Waals surface area contributed by atoms with E-state index in [1.165, 1.54) is 6.20 Å². The average molecular weight is 346 g/mol. The van der Waals surface area contributed by atoms with Crippen LogP contribution in [0.4, 0.5) is 10.2 Å². The SMILES string of the molecule is CN(C)C1CN(c2nc3c(cc2F)c(=O)c(C(=O)O)cn3C2CC2)C1. The van der Waals surface area contributed by atoms with Gasteiger partial charge in [-0.05, 0) is 33.0 Å². The van der Waals surface area contributed by atoms with Crippen molar-refractivity contribution in [3.63, 3.8) is 0 Å². The van der Waals surface area contributed by atoms with E-state index in [1.807, 2.05) is 19.0 Å². The van der Waals surface area contributed by atoms with Crippen LogP contribution in [0.3, 0.4) is 0 Å². The predicted molar refractivity (Wildman–Crippen MR) is 90.9 cm³/mol. The lowest BCUT2D eigenvalue weighted by molar-refractivity contribution is 0.0695. The van der Waals surface area contributed by atoms with E-state index in [4.69, 9.17) is 0 Å². The highest BCUT2D eigenvalue weighted by Crippen LogP contribution is 2.37. The van der Waals surface area contributed by atoms with E-state index in [2.05, 4.69) is 9.88 Å². The standard InChI is InChI=1S/C17H19FN4O3/c1-20(2)10-6-21(7-10)16-13(18)5-11-14(23)12(17(24)25)8-22(9-3-4-9)15(11)19-16/h5,8-10H,3-4,6-7H2,1-2H3,(H,24,25). The molecule has 1 saturated heterocycles. The molecule has 0 unspecified atom stereocenters. The summed E-state index contributed by atoms with van der Waals surface area (Å²) in [7, 11) is 3.95. The minimum Gasteiger partial charge on any atom is -0.477 e. The van der Waals surface area contributed by atoms with Crippen LogP contribution in [0.15, 0.2) is 17.1 Å². The van der Waals surface area contributed by atoms with Gasteiger partial charge < -0.3 is 19.5 Å². The van der Waals surface area contributed by atoms with Crippen LogP contribution in [-0.4, -0.2) is 58.8 Å². The van der Waals surface area contributed by atoms with E-state index < -0.39 is 17.2 Å². The van der Waals surface area contributed by atoms with Gasteiger partial charge in [-0.3, -0.25) is 4.79 Å². The van der Waals surface area contributed by atoms with Gasteiger partial charge in [0.05, 0.1) is 5.39 Å². The first kappa shape index (κ1) is 16.0. The van der Waals surface area contributed by atoms with Crippen LogP contribution >= 0.6 is 0 Å². The molecule has 2 fully saturated rings. The summed E-state index contributed by atoms with van der Waals surface area (Å²) < 4.78 is 16.3. The molecule has 0 radical (unpaired) electrons. The quantitative estimate of drug-likeness (QED) is 0.900. The van der Waals surface area contributed by atoms with E-state index in [0.717, 1.165) is 18.9 Å². The number of carboxylic acids is 1. The highest BCUT2D eigenvalue weighted by Gasteiger charge is 2.33. The molecule has 1 N–H and O–H groups in total. The summed E-state index contributed by atoms with van der Waals surface area (Å²) in [6.45, 7) is 1.34. The lowest BCUT2D eigenvalue weighted by atomic mass is 10.1. The van der Waals surface area contributed by atoms with Gasteiger partial charge in [-0.15, -0.1) is 0 Å². The van der Waals surface area contributed by atoms with E-state index in [9.17, 15) is 19.1 Å². The molecular weight excluding hydrogens is 327 g/mol. The maximum absolute atomic E-state index is 14.6. The first-order chi connectivity index (χ1) is 11.9. The van der Waals surface area contributed by atoms with Crippen molar-refractivity contribution in [2.24, 2.45) is 0 Å². The van der Waals surface area contributed by atoms with Gasteiger partial charge in [0.25, 0.3) is 0 Å². The Hall–Kier alpha value is -2.48. The summed E-state index contributed by atoms with van der Waals surface area (Å²) >= 11 is 0. The summed E-state index contributed by atoms with van der Waals surface area (Å²) in [5, 5.41) is 9.28. The van der Waals surface area contributed by atoms with Crippen molar-refractivity contribution >= 4 is 22.8 Å². The van der Waals surface area contributed by atoms with Gasteiger partial charge in [-0.1, -0.05) is 0 Å². The van der Waals surface area contributed by atoms with Crippen molar-refractivity contribution in [3.05, 3.63) is 33.9 Å². The number of hydrogen-bond acceptors (Lipinski definition) is 5. The topological polar surface area (TPSA) is 78.7 Å². The van der Waals surface area contributed by atoms with E-state index in [0.29, 0.717) is 24.8 Å². The molecule has 2 aliphatic rings. The molecule has 0 bridgehead atoms. The van der Waals surface area contributed by atoms with Crippen molar-refractivity contribution in [3.8, 4) is 0 Å². The zero-order valence-electron chi connectivity index (χ0n) is 14.1. The Morgan fingerprint density at radius 3 is 2.60 bits per heavy atom. The predicted octanol–water partition coefficient (Wildman–Crippen LogP) is 1.32. The fourth-order valence-electron chi connectivity index (χ4n) is 3.20. The Bertz CT molecular complexity index is 930. The maximum atomic E-state index is 14.6. The minimum absolute atomic E-state index is 0.0257. The van der Waals surface area contributed by atoms with Gasteiger partial charge in [0.1, 0.15) is 11.2 Å². The molecule has 0 amide bonds. The van der Waals surface area contributed by atoms with Crippen molar-refractivity contribution < 1.29 is 14.3 Å². The van der Waals surface area contributed by atoms with E-state index in [1.54, 1.807) is 4.57 Å². The minimum atomic E-state index is -1.30. The van der Waals surface area contributed by atoms with Crippen LogP contribution in [0.5, 0.6) is 0 Å². The molecule has 2 aromatic heterocycles. The lowest BCUT2D eigenvalue weighted by Gasteiger charge is -2.43. The molecule has 8 heteroatoms. The van der Waals surface area contributed by atoms with Gasteiger partial charge in [0, 0.05) is 31.4 Å². The average Bonchev–Trinajstić information content (AvgIpc) is 3.31. The summed E-state index contributed by atoms with van der Waals surface area (Å²) in [6, 6.07) is 1.60. The van der Waals surface area contributed by atoms with Crippen LogP contribution in [0.1, 0.15) is 29.2 Å². The second-order valence-electron chi connectivity index (χ2n) is 7.00. The van der Waals surface area contributed by atoms with Crippen LogP contribution in [-0.2, 0) is 0 Å². The van der Waals surface area contributed by atoms with Gasteiger partial charge in [0.15, 0.2) is 11.6 Å². The number of rotatable bonds is 4. The smallest absolute Gasteiger partial charge is 0.341 e. The molecule has 3 heterocycles. The number of fused-ring (bicyclic) bond motifs is 1. The van der Waals surface area contributed by atoms with Crippen molar-refractivity contribution in [1.29, 1.82) is 0 Å². The van der Waals surface area contributed by atoms with Gasteiger partial charge >= 0.3 is 5.97 Å². The molecule has 1 saturated carbocycles. The maximum Gasteiger partial charge on any atom is 0.341 e. The monoisotopic (exact) mass is 346 g/mol. The summed E-state index contributed by atoms with van der Waals surface area (Å²) in [5.74, 6) is -1.67. The van der Waals surface area contributed by atoms with Crippen LogP contribution in [0, 0.1) is 5.82 Å². The molecule has 2 aromatic rings. The number of aromatic nitrogens is 2. The highest BCUT2D eigenvalue weighted by atomic mass is 19.1. The van der Waals surface area contributed by atoms with Crippen molar-refractivity contribution in [2.75, 3.05) is 32.1 Å². The largest absolute Gasteiger partial charge is 0.477 e. The number of halogens is 1. The molecule has 0 atom stereocenters. The normalized spacial score (nSPS) is 18.0. The van der Waals surface area contributed by atoms with Crippen LogP contribution in [0.2, 0.25) is 0 Å². The number of pyridine rings is 2. The second-order valence-corrected chi connectivity index (χ2v) is 7.00. The number of nitrogens with zero attached hydrogens (tertiary/aromatic N) is 4. The van der Waals surface area contributed by atoms with Crippen LogP contribution in [0.25, 0.3) is 11.0 Å². The van der Waals surface area contributed by atoms with Crippen molar-refractivity contribution in [2.45, 2.75) is 24.9 Å². The molecule has 25 heavy (non-hydrogen) atoms. The second kappa shape index (κ2) is 5.52. The molecule has 4 rings (SSSR count). The fraction of sp³-hybridized carbons (Fsp3) is 0.471. The van der Waals surface area contributed by atoms with Crippen molar-refractivity contribution in [1.82, 2.24) is 14.5 Å². The number of anilines is 1. The van der Waals surface area contributed by atoms with Crippen LogP contribution < -0.4 is 10.3 Å². The Labute approximate surface area is 143 Å². The third kappa shape index (κ3) is 2.57. The number of carboxylic acid groups (broad SMARTS) is 1. The van der Waals surface area contributed by atoms with E-state index in [-0.39, 0.29) is 22.8 Å². The zero-order chi connectivity index (χ0) is 17.9. The summed E-state index contributed by atoms with van der Waals surface area (Å²) in [6.07, 6.45) is 3.15. The summed E-state index contributed by atoms with van der Waals surface area (Å²) in [4.78, 5) is 32.1. The Kier molecular flexibility index (Phi) is 3.54. The van der Waals surface area contributed by atoms with E-state index >= 15 is 0 Å². The third-order valence-corrected chi connectivity index (χ3v) is 5.00. The lowest BCUT2D eigenvalue weighted by Crippen LogP contribution is -2.58. The molecular formula is C17H19FN4O3. The van der Waals surface area contributed by atoms with Gasteiger partial charge in [-0.25, -0.2) is 14.2 Å². The van der Waals surface area contributed by atoms with Gasteiger partial charge in [-0.2, -0.15) is 0 Å². The first-order valence-electron chi connectivity index (χ1n) is 8.27. The Balaban J connectivity index is 1.85. The molecule has 7 nitrogen and oxygen atoms in total.